The fraction of sp³-hybridized carbons (Fsp3) is 0.625. The lowest BCUT2D eigenvalue weighted by Crippen LogP contribution is -2.62. The molecule has 112 valence electrons. The second-order valence-electron chi connectivity index (χ2n) is 6.38. The van der Waals surface area contributed by atoms with Gasteiger partial charge in [-0.25, -0.2) is 9.97 Å². The van der Waals surface area contributed by atoms with E-state index in [0.29, 0.717) is 6.04 Å². The van der Waals surface area contributed by atoms with Crippen LogP contribution in [0, 0.1) is 6.92 Å². The lowest BCUT2D eigenvalue weighted by molar-refractivity contribution is 0.0874. The second-order valence-corrected chi connectivity index (χ2v) is 7.27. The summed E-state index contributed by atoms with van der Waals surface area (Å²) in [4.78, 5) is 15.5. The van der Waals surface area contributed by atoms with Gasteiger partial charge in [-0.1, -0.05) is 6.42 Å². The van der Waals surface area contributed by atoms with E-state index in [4.69, 9.17) is 4.98 Å². The molecule has 0 aromatic carbocycles. The van der Waals surface area contributed by atoms with E-state index >= 15 is 0 Å². The molecule has 0 radical (unpaired) electrons. The zero-order valence-electron chi connectivity index (χ0n) is 12.7. The lowest BCUT2D eigenvalue weighted by atomic mass is 9.97. The normalized spacial score (nSPS) is 24.5. The Morgan fingerprint density at radius 2 is 2.10 bits per heavy atom. The molecule has 1 atom stereocenters. The van der Waals surface area contributed by atoms with Crippen LogP contribution in [0.2, 0.25) is 0 Å². The van der Waals surface area contributed by atoms with Crippen LogP contribution in [0.5, 0.6) is 0 Å². The molecule has 0 bridgehead atoms. The first-order chi connectivity index (χ1) is 10.2. The Labute approximate surface area is 129 Å². The highest BCUT2D eigenvalue weighted by atomic mass is 32.1. The highest BCUT2D eigenvalue weighted by molar-refractivity contribution is 7.16. The Kier molecular flexibility index (Phi) is 3.34. The third-order valence-electron chi connectivity index (χ3n) is 4.90. The molecule has 0 N–H and O–H groups in total. The van der Waals surface area contributed by atoms with Crippen molar-refractivity contribution < 1.29 is 0 Å². The minimum atomic E-state index is 0.712. The Balaban J connectivity index is 1.53. The maximum atomic E-state index is 4.70. The van der Waals surface area contributed by atoms with E-state index in [9.17, 15) is 0 Å². The van der Waals surface area contributed by atoms with E-state index in [0.717, 1.165) is 35.6 Å². The van der Waals surface area contributed by atoms with Crippen LogP contribution in [0.25, 0.3) is 10.2 Å². The number of anilines is 1. The second kappa shape index (κ2) is 5.21. The number of hydrogen-bond acceptors (Lipinski definition) is 5. The molecule has 0 saturated carbocycles. The number of likely N-dealkylation sites (tertiary alicyclic amines) is 1. The summed E-state index contributed by atoms with van der Waals surface area (Å²) in [7, 11) is 0. The van der Waals surface area contributed by atoms with Gasteiger partial charge in [-0.05, 0) is 44.7 Å². The standard InChI is InChI=1S/C16H22N4S/c1-11-5-3-4-7-20(11)13-9-19(10-13)15-14-6-8-21-16(14)18-12(2)17-15/h6,8,11,13H,3-5,7,9-10H2,1-2H3. The minimum absolute atomic E-state index is 0.712. The van der Waals surface area contributed by atoms with Crippen LogP contribution in [0.1, 0.15) is 32.0 Å². The Morgan fingerprint density at radius 1 is 1.24 bits per heavy atom. The molecule has 1 unspecified atom stereocenters. The van der Waals surface area contributed by atoms with E-state index in [1.807, 2.05) is 6.92 Å². The molecule has 4 rings (SSSR count). The van der Waals surface area contributed by atoms with Crippen LogP contribution in [0.15, 0.2) is 11.4 Å². The van der Waals surface area contributed by atoms with Gasteiger partial charge in [0.15, 0.2) is 0 Å². The van der Waals surface area contributed by atoms with Gasteiger partial charge in [0.05, 0.1) is 5.39 Å². The van der Waals surface area contributed by atoms with Gasteiger partial charge in [0.2, 0.25) is 0 Å². The van der Waals surface area contributed by atoms with Crippen molar-refractivity contribution in [2.45, 2.75) is 45.2 Å². The summed E-state index contributed by atoms with van der Waals surface area (Å²) in [6.45, 7) is 7.88. The first-order valence-electron chi connectivity index (χ1n) is 7.95. The Morgan fingerprint density at radius 3 is 2.90 bits per heavy atom. The van der Waals surface area contributed by atoms with Crippen LogP contribution in [0.4, 0.5) is 5.82 Å². The topological polar surface area (TPSA) is 32.3 Å². The molecular weight excluding hydrogens is 280 g/mol. The molecular formula is C16H22N4S. The monoisotopic (exact) mass is 302 g/mol. The molecule has 21 heavy (non-hydrogen) atoms. The number of aryl methyl sites for hydroxylation is 1. The summed E-state index contributed by atoms with van der Waals surface area (Å²) < 4.78 is 0. The number of thiophene rings is 1. The van der Waals surface area contributed by atoms with Gasteiger partial charge in [0.1, 0.15) is 16.5 Å². The Hall–Kier alpha value is -1.20. The average Bonchev–Trinajstić information content (AvgIpc) is 2.87. The molecule has 4 nitrogen and oxygen atoms in total. The molecule has 0 aliphatic carbocycles. The number of hydrogen-bond donors (Lipinski definition) is 0. The van der Waals surface area contributed by atoms with Crippen LogP contribution in [-0.2, 0) is 0 Å². The van der Waals surface area contributed by atoms with Gasteiger partial charge in [-0.15, -0.1) is 11.3 Å². The maximum absolute atomic E-state index is 4.70. The van der Waals surface area contributed by atoms with Gasteiger partial charge < -0.3 is 4.90 Å². The summed E-state index contributed by atoms with van der Waals surface area (Å²) in [5.41, 5.74) is 0. The molecule has 2 aliphatic heterocycles. The van der Waals surface area contributed by atoms with Gasteiger partial charge in [-0.3, -0.25) is 4.90 Å². The van der Waals surface area contributed by atoms with Crippen molar-refractivity contribution in [2.75, 3.05) is 24.5 Å². The van der Waals surface area contributed by atoms with Gasteiger partial charge in [0.25, 0.3) is 0 Å². The minimum Gasteiger partial charge on any atom is -0.353 e. The van der Waals surface area contributed by atoms with E-state index in [-0.39, 0.29) is 0 Å². The van der Waals surface area contributed by atoms with E-state index in [1.54, 1.807) is 11.3 Å². The van der Waals surface area contributed by atoms with E-state index < -0.39 is 0 Å². The SMILES string of the molecule is Cc1nc(N2CC(N3CCCCC3C)C2)c2ccsc2n1. The molecule has 2 aliphatic rings. The van der Waals surface area contributed by atoms with Crippen molar-refractivity contribution in [3.8, 4) is 0 Å². The first-order valence-corrected chi connectivity index (χ1v) is 8.83. The van der Waals surface area contributed by atoms with Gasteiger partial charge in [0, 0.05) is 25.2 Å². The van der Waals surface area contributed by atoms with Crippen molar-refractivity contribution in [2.24, 2.45) is 0 Å². The maximum Gasteiger partial charge on any atom is 0.141 e. The Bertz CT molecular complexity index is 647. The predicted molar refractivity (Wildman–Crippen MR) is 88.2 cm³/mol. The zero-order chi connectivity index (χ0) is 14.4. The van der Waals surface area contributed by atoms with Crippen LogP contribution in [-0.4, -0.2) is 46.6 Å². The molecule has 2 aromatic heterocycles. The molecule has 2 fully saturated rings. The number of fused-ring (bicyclic) bond motifs is 1. The molecule has 4 heterocycles. The largest absolute Gasteiger partial charge is 0.353 e. The highest BCUT2D eigenvalue weighted by Crippen LogP contribution is 2.33. The lowest BCUT2D eigenvalue weighted by Gasteiger charge is -2.49. The number of piperidine rings is 1. The van der Waals surface area contributed by atoms with E-state index in [1.165, 1.54) is 31.2 Å². The molecule has 5 heteroatoms. The average molecular weight is 302 g/mol. The molecule has 2 saturated heterocycles. The highest BCUT2D eigenvalue weighted by Gasteiger charge is 2.36. The predicted octanol–water partition coefficient (Wildman–Crippen LogP) is 3.06. The number of rotatable bonds is 2. The summed E-state index contributed by atoms with van der Waals surface area (Å²) in [5, 5.41) is 3.34. The summed E-state index contributed by atoms with van der Waals surface area (Å²) in [5.74, 6) is 2.02. The fourth-order valence-electron chi connectivity index (χ4n) is 3.69. The quantitative estimate of drug-likeness (QED) is 0.853. The van der Waals surface area contributed by atoms with Crippen LogP contribution >= 0.6 is 11.3 Å². The van der Waals surface area contributed by atoms with Crippen molar-refractivity contribution in [1.29, 1.82) is 0 Å². The van der Waals surface area contributed by atoms with Gasteiger partial charge >= 0.3 is 0 Å². The van der Waals surface area contributed by atoms with E-state index in [2.05, 4.69) is 33.2 Å². The summed E-state index contributed by atoms with van der Waals surface area (Å²) >= 11 is 1.71. The van der Waals surface area contributed by atoms with Crippen LogP contribution < -0.4 is 4.90 Å². The molecule has 0 amide bonds. The fourth-order valence-corrected chi connectivity index (χ4v) is 4.49. The van der Waals surface area contributed by atoms with Crippen molar-refractivity contribution in [3.05, 3.63) is 17.3 Å². The van der Waals surface area contributed by atoms with Crippen molar-refractivity contribution >= 4 is 27.4 Å². The molecule has 0 spiro atoms. The number of aromatic nitrogens is 2. The zero-order valence-corrected chi connectivity index (χ0v) is 13.6. The molecule has 2 aromatic rings. The van der Waals surface area contributed by atoms with Gasteiger partial charge in [-0.2, -0.15) is 0 Å². The first kappa shape index (κ1) is 13.5. The smallest absolute Gasteiger partial charge is 0.141 e. The van der Waals surface area contributed by atoms with Crippen molar-refractivity contribution in [3.63, 3.8) is 0 Å². The number of nitrogens with zero attached hydrogens (tertiary/aromatic N) is 4. The third kappa shape index (κ3) is 2.32. The van der Waals surface area contributed by atoms with Crippen molar-refractivity contribution in [1.82, 2.24) is 14.9 Å². The summed E-state index contributed by atoms with van der Waals surface area (Å²) in [6.07, 6.45) is 4.12. The van der Waals surface area contributed by atoms with Crippen LogP contribution in [0.3, 0.4) is 0 Å². The third-order valence-corrected chi connectivity index (χ3v) is 5.71. The summed E-state index contributed by atoms with van der Waals surface area (Å²) in [6, 6.07) is 3.62.